The van der Waals surface area contributed by atoms with Crippen LogP contribution in [0.1, 0.15) is 57.5 Å². The summed E-state index contributed by atoms with van der Waals surface area (Å²) in [6.45, 7) is 8.00. The Labute approximate surface area is 242 Å². The van der Waals surface area contributed by atoms with Crippen LogP contribution in [0.4, 0.5) is 0 Å². The van der Waals surface area contributed by atoms with Gasteiger partial charge in [-0.2, -0.15) is 5.26 Å². The second-order valence-electron chi connectivity index (χ2n) is 9.42. The molecule has 218 valence electrons. The third-order valence-electron chi connectivity index (χ3n) is 6.52. The summed E-state index contributed by atoms with van der Waals surface area (Å²) >= 11 is 5.83. The van der Waals surface area contributed by atoms with E-state index in [9.17, 15) is 24.4 Å². The highest BCUT2D eigenvalue weighted by Gasteiger charge is 2.53. The fraction of sp³-hybridized carbons (Fsp3) is 0.448. The second-order valence-corrected chi connectivity index (χ2v) is 9.81. The molecule has 2 heterocycles. The normalized spacial score (nSPS) is 21.7. The molecule has 0 bridgehead atoms. The lowest BCUT2D eigenvalue weighted by atomic mass is 9.93. The van der Waals surface area contributed by atoms with E-state index in [1.807, 2.05) is 37.3 Å². The molecule has 1 aliphatic rings. The Kier molecular flexibility index (Phi) is 10.4. The number of pyridine rings is 1. The lowest BCUT2D eigenvalue weighted by molar-refractivity contribution is -0.268. The van der Waals surface area contributed by atoms with E-state index in [-0.39, 0.29) is 16.8 Å². The predicted octanol–water partition coefficient (Wildman–Crippen LogP) is 3.88. The van der Waals surface area contributed by atoms with Gasteiger partial charge in [0.05, 0.1) is 11.3 Å². The zero-order valence-corrected chi connectivity index (χ0v) is 24.5. The number of carbonyl (C=O) groups excluding carboxylic acids is 4. The van der Waals surface area contributed by atoms with Crippen LogP contribution in [0.3, 0.4) is 0 Å². The van der Waals surface area contributed by atoms with E-state index in [2.05, 4.69) is 6.07 Å². The Hall–Kier alpha value is -4.08. The van der Waals surface area contributed by atoms with Gasteiger partial charge in [-0.15, -0.1) is 0 Å². The molecular formula is C29H32N2O9S. The number of benzene rings is 1. The van der Waals surface area contributed by atoms with Crippen molar-refractivity contribution in [3.63, 3.8) is 0 Å². The summed E-state index contributed by atoms with van der Waals surface area (Å²) in [5.41, 5.74) is 3.01. The molecule has 1 fully saturated rings. The van der Waals surface area contributed by atoms with Crippen LogP contribution in [-0.4, -0.2) is 59.5 Å². The highest BCUT2D eigenvalue weighted by atomic mass is 32.1. The Bertz CT molecular complexity index is 1430. The molecule has 1 aromatic carbocycles. The molecule has 0 N–H and O–H groups in total. The number of hydrogen-bond donors (Lipinski definition) is 0. The Morgan fingerprint density at radius 2 is 1.49 bits per heavy atom. The number of aromatic nitrogens is 1. The molecule has 0 unspecified atom stereocenters. The zero-order chi connectivity index (χ0) is 30.4. The molecule has 2 aromatic rings. The summed E-state index contributed by atoms with van der Waals surface area (Å²) < 4.78 is 30.0. The number of esters is 4. The molecule has 5 atom stereocenters. The van der Waals surface area contributed by atoms with Gasteiger partial charge in [0.25, 0.3) is 0 Å². The quantitative estimate of drug-likeness (QED) is 0.253. The van der Waals surface area contributed by atoms with Crippen LogP contribution in [0.2, 0.25) is 0 Å². The molecule has 0 spiro atoms. The molecule has 12 heteroatoms. The first-order chi connectivity index (χ1) is 19.4. The number of hydrogen-bond acceptors (Lipinski definition) is 11. The van der Waals surface area contributed by atoms with E-state index < -0.39 is 54.5 Å². The van der Waals surface area contributed by atoms with Crippen molar-refractivity contribution in [3.8, 4) is 17.3 Å². The lowest BCUT2D eigenvalue weighted by Gasteiger charge is -2.45. The maximum absolute atomic E-state index is 12.4. The number of ether oxygens (including phenoxy) is 5. The van der Waals surface area contributed by atoms with Gasteiger partial charge in [0.1, 0.15) is 23.4 Å². The molecule has 11 nitrogen and oxygen atoms in total. The van der Waals surface area contributed by atoms with Crippen LogP contribution in [0.15, 0.2) is 30.3 Å². The van der Waals surface area contributed by atoms with Gasteiger partial charge in [-0.1, -0.05) is 49.5 Å². The monoisotopic (exact) mass is 584 g/mol. The standard InChI is InChI=1S/C29H32N2O9S/c1-7-21-15(2)22(13-30)29(41)31(24(21)20-11-9-8-10-12-20)28-27(39-19(6)35)26(38-18(5)34)25(37-17(4)33)23(40-28)14-36-16(3)32/h8-12,23,25-28H,7,14H2,1-6H3/t23-,25+,26+,27+,28-/m0/s1. The van der Waals surface area contributed by atoms with Crippen molar-refractivity contribution < 1.29 is 42.9 Å². The van der Waals surface area contributed by atoms with Crippen molar-refractivity contribution in [3.05, 3.63) is 51.7 Å². The van der Waals surface area contributed by atoms with E-state index in [0.717, 1.165) is 25.0 Å². The third-order valence-corrected chi connectivity index (χ3v) is 6.92. The van der Waals surface area contributed by atoms with Crippen LogP contribution in [-0.2, 0) is 49.3 Å². The van der Waals surface area contributed by atoms with Gasteiger partial charge in [-0.3, -0.25) is 19.2 Å². The topological polar surface area (TPSA) is 143 Å². The van der Waals surface area contributed by atoms with E-state index >= 15 is 0 Å². The molecule has 0 aliphatic carbocycles. The fourth-order valence-electron chi connectivity index (χ4n) is 4.99. The second kappa shape index (κ2) is 13.5. The minimum Gasteiger partial charge on any atom is -0.463 e. The Balaban J connectivity index is 2.42. The van der Waals surface area contributed by atoms with E-state index in [1.54, 1.807) is 11.5 Å². The molecular weight excluding hydrogens is 552 g/mol. The average molecular weight is 585 g/mol. The van der Waals surface area contributed by atoms with Crippen molar-refractivity contribution in [2.45, 2.75) is 78.6 Å². The van der Waals surface area contributed by atoms with Crippen molar-refractivity contribution >= 4 is 36.1 Å². The van der Waals surface area contributed by atoms with Crippen molar-refractivity contribution in [2.75, 3.05) is 6.61 Å². The summed E-state index contributed by atoms with van der Waals surface area (Å²) in [6.07, 6.45) is -6.06. The summed E-state index contributed by atoms with van der Waals surface area (Å²) in [5.74, 6) is -2.86. The highest BCUT2D eigenvalue weighted by molar-refractivity contribution is 7.71. The third kappa shape index (κ3) is 6.99. The summed E-state index contributed by atoms with van der Waals surface area (Å²) in [4.78, 5) is 48.5. The van der Waals surface area contributed by atoms with E-state index in [0.29, 0.717) is 17.7 Å². The van der Waals surface area contributed by atoms with Gasteiger partial charge in [0, 0.05) is 27.7 Å². The number of nitrogens with zero attached hydrogens (tertiary/aromatic N) is 2. The van der Waals surface area contributed by atoms with Crippen LogP contribution in [0, 0.1) is 22.9 Å². The highest BCUT2D eigenvalue weighted by Crippen LogP contribution is 2.40. The molecule has 41 heavy (non-hydrogen) atoms. The SMILES string of the molecule is CCc1c(C)c(C#N)c(=S)n([C@H]2O[C@@H](COC(C)=O)[C@@H](OC(C)=O)[C@@H](OC(C)=O)[C@H]2OC(C)=O)c1-c1ccccc1. The van der Waals surface area contributed by atoms with Crippen LogP contribution >= 0.6 is 12.2 Å². The zero-order valence-electron chi connectivity index (χ0n) is 23.7. The summed E-state index contributed by atoms with van der Waals surface area (Å²) in [6, 6.07) is 11.4. The maximum Gasteiger partial charge on any atom is 0.303 e. The number of carbonyl (C=O) groups is 4. The van der Waals surface area contributed by atoms with Crippen LogP contribution in [0.25, 0.3) is 11.3 Å². The summed E-state index contributed by atoms with van der Waals surface area (Å²) in [7, 11) is 0. The first kappa shape index (κ1) is 31.4. The van der Waals surface area contributed by atoms with Crippen molar-refractivity contribution in [2.24, 2.45) is 0 Å². The van der Waals surface area contributed by atoms with Crippen LogP contribution < -0.4 is 0 Å². The molecule has 0 saturated carbocycles. The van der Waals surface area contributed by atoms with E-state index in [4.69, 9.17) is 35.9 Å². The van der Waals surface area contributed by atoms with Gasteiger partial charge < -0.3 is 28.3 Å². The fourth-order valence-corrected chi connectivity index (χ4v) is 5.38. The van der Waals surface area contributed by atoms with Gasteiger partial charge in [0.2, 0.25) is 0 Å². The summed E-state index contributed by atoms with van der Waals surface area (Å²) in [5, 5.41) is 10.1. The largest absolute Gasteiger partial charge is 0.463 e. The van der Waals surface area contributed by atoms with Crippen LogP contribution in [0.5, 0.6) is 0 Å². The van der Waals surface area contributed by atoms with Crippen molar-refractivity contribution in [1.82, 2.24) is 4.57 Å². The predicted molar refractivity (Wildman–Crippen MR) is 147 cm³/mol. The van der Waals surface area contributed by atoms with Gasteiger partial charge in [0.15, 0.2) is 24.5 Å². The maximum atomic E-state index is 12.4. The Morgan fingerprint density at radius 3 is 2.00 bits per heavy atom. The van der Waals surface area contributed by atoms with Crippen molar-refractivity contribution in [1.29, 1.82) is 5.26 Å². The first-order valence-corrected chi connectivity index (χ1v) is 13.4. The molecule has 0 radical (unpaired) electrons. The number of nitriles is 1. The Morgan fingerprint density at radius 1 is 0.927 bits per heavy atom. The minimum atomic E-state index is -1.39. The van der Waals surface area contributed by atoms with Gasteiger partial charge in [-0.05, 0) is 30.0 Å². The molecule has 1 saturated heterocycles. The first-order valence-electron chi connectivity index (χ1n) is 12.9. The minimum absolute atomic E-state index is 0.0851. The molecule has 1 aliphatic heterocycles. The van der Waals surface area contributed by atoms with Gasteiger partial charge in [-0.25, -0.2) is 0 Å². The van der Waals surface area contributed by atoms with E-state index in [1.165, 1.54) is 13.8 Å². The molecule has 3 rings (SSSR count). The molecule has 1 aromatic heterocycles. The molecule has 0 amide bonds. The van der Waals surface area contributed by atoms with Gasteiger partial charge >= 0.3 is 23.9 Å². The smallest absolute Gasteiger partial charge is 0.303 e. The average Bonchev–Trinajstić information content (AvgIpc) is 2.90. The lowest BCUT2D eigenvalue weighted by Crippen LogP contribution is -2.60. The number of rotatable bonds is 8.